The van der Waals surface area contributed by atoms with E-state index in [1.54, 1.807) is 36.0 Å². The van der Waals surface area contributed by atoms with E-state index in [1.807, 2.05) is 31.2 Å². The molecule has 6 atom stereocenters. The Morgan fingerprint density at radius 1 is 1.05 bits per heavy atom. The van der Waals surface area contributed by atoms with Crippen molar-refractivity contribution in [2.24, 2.45) is 11.8 Å². The number of aliphatic hydroxyl groups is 1. The SMILES string of the molecule is CCOc1ccc(NC(=O)[C@H]2[C@@H]3SC4(CC3Br)C(C(=O)Nc3ccc(N(CC)CC)cc3)N(CCO)C(=O)[C@H]24)cc1. The summed E-state index contributed by atoms with van der Waals surface area (Å²) in [6.45, 7) is 8.17. The maximum absolute atomic E-state index is 13.9. The number of nitrogens with one attached hydrogen (secondary N) is 2. The summed E-state index contributed by atoms with van der Waals surface area (Å²) >= 11 is 5.34. The van der Waals surface area contributed by atoms with Gasteiger partial charge >= 0.3 is 0 Å². The number of anilines is 3. The van der Waals surface area contributed by atoms with Crippen molar-refractivity contribution in [3.05, 3.63) is 48.5 Å². The second-order valence-corrected chi connectivity index (χ2v) is 13.3. The van der Waals surface area contributed by atoms with Crippen molar-refractivity contribution in [1.82, 2.24) is 4.90 Å². The Balaban J connectivity index is 1.39. The normalized spacial score (nSPS) is 28.0. The predicted molar refractivity (Wildman–Crippen MR) is 166 cm³/mol. The lowest BCUT2D eigenvalue weighted by molar-refractivity contribution is -0.138. The Hall–Kier alpha value is -2.76. The maximum Gasteiger partial charge on any atom is 0.248 e. The number of likely N-dealkylation sites (tertiary alicyclic amines) is 1. The van der Waals surface area contributed by atoms with Crippen LogP contribution in [0, 0.1) is 11.8 Å². The molecule has 220 valence electrons. The van der Waals surface area contributed by atoms with Gasteiger partial charge in [0.15, 0.2) is 0 Å². The number of thioether (sulfide) groups is 1. The number of benzene rings is 2. The lowest BCUT2D eigenvalue weighted by Crippen LogP contribution is -2.53. The Morgan fingerprint density at radius 2 is 1.66 bits per heavy atom. The molecule has 2 aromatic carbocycles. The number of hydrogen-bond acceptors (Lipinski definition) is 7. The van der Waals surface area contributed by atoms with Gasteiger partial charge in [-0.3, -0.25) is 14.4 Å². The number of amides is 3. The van der Waals surface area contributed by atoms with Gasteiger partial charge in [0.1, 0.15) is 11.8 Å². The molecule has 5 rings (SSSR count). The maximum atomic E-state index is 13.9. The van der Waals surface area contributed by atoms with E-state index in [0.29, 0.717) is 30.2 Å². The molecule has 3 saturated heterocycles. The number of ether oxygens (including phenoxy) is 1. The summed E-state index contributed by atoms with van der Waals surface area (Å²) in [5.41, 5.74) is 2.32. The first kappa shape index (κ1) is 29.7. The van der Waals surface area contributed by atoms with Crippen molar-refractivity contribution in [3.8, 4) is 5.75 Å². The van der Waals surface area contributed by atoms with E-state index in [-0.39, 0.29) is 41.0 Å². The highest BCUT2D eigenvalue weighted by Gasteiger charge is 2.75. The van der Waals surface area contributed by atoms with Crippen molar-refractivity contribution in [3.63, 3.8) is 0 Å². The van der Waals surface area contributed by atoms with E-state index < -0.39 is 22.6 Å². The molecule has 3 heterocycles. The fourth-order valence-electron chi connectivity index (χ4n) is 6.66. The van der Waals surface area contributed by atoms with Crippen LogP contribution in [0.25, 0.3) is 0 Å². The predicted octanol–water partition coefficient (Wildman–Crippen LogP) is 3.97. The molecular weight excluding hydrogens is 608 g/mol. The zero-order valence-electron chi connectivity index (χ0n) is 23.5. The van der Waals surface area contributed by atoms with Crippen molar-refractivity contribution in [1.29, 1.82) is 0 Å². The van der Waals surface area contributed by atoms with Crippen LogP contribution in [0.5, 0.6) is 5.75 Å². The monoisotopic (exact) mass is 644 g/mol. The molecule has 3 fully saturated rings. The fourth-order valence-corrected chi connectivity index (χ4v) is 10.3. The van der Waals surface area contributed by atoms with Crippen LogP contribution in [0.3, 0.4) is 0 Å². The van der Waals surface area contributed by atoms with Gasteiger partial charge in [-0.2, -0.15) is 0 Å². The van der Waals surface area contributed by atoms with Crippen LogP contribution < -0.4 is 20.3 Å². The van der Waals surface area contributed by atoms with Crippen LogP contribution >= 0.6 is 27.7 Å². The fraction of sp³-hybridized carbons (Fsp3) is 0.500. The molecule has 3 unspecified atom stereocenters. The molecule has 0 aromatic heterocycles. The van der Waals surface area contributed by atoms with Crippen LogP contribution in [0.2, 0.25) is 0 Å². The number of nitrogens with zero attached hydrogens (tertiary/aromatic N) is 2. The zero-order valence-corrected chi connectivity index (χ0v) is 25.9. The van der Waals surface area contributed by atoms with Gasteiger partial charge in [-0.25, -0.2) is 0 Å². The van der Waals surface area contributed by atoms with Gasteiger partial charge in [0.25, 0.3) is 0 Å². The largest absolute Gasteiger partial charge is 0.494 e. The standard InChI is InChI=1S/C30H37BrN4O5S/c1-4-34(5-2)20-11-7-18(8-12-20)33-28(38)26-30-17-22(31)25(41-30)23(24(30)29(39)35(26)15-16-36)27(37)32-19-9-13-21(14-10-19)40-6-3/h7-14,22-26,36H,4-6,15-17H2,1-3H3,(H,32,37)(H,33,38)/t22?,23-,24+,25-,26?,30?/m1/s1. The summed E-state index contributed by atoms with van der Waals surface area (Å²) in [4.78, 5) is 45.2. The quantitative estimate of drug-likeness (QED) is 0.318. The van der Waals surface area contributed by atoms with Crippen LogP contribution in [0.1, 0.15) is 27.2 Å². The number of carbonyl (C=O) groups is 3. The summed E-state index contributed by atoms with van der Waals surface area (Å²) in [7, 11) is 0. The summed E-state index contributed by atoms with van der Waals surface area (Å²) in [5, 5.41) is 15.7. The zero-order chi connectivity index (χ0) is 29.3. The van der Waals surface area contributed by atoms with Crippen LogP contribution in [0.15, 0.2) is 48.5 Å². The van der Waals surface area contributed by atoms with E-state index in [0.717, 1.165) is 18.8 Å². The number of halogens is 1. The minimum absolute atomic E-state index is 0.0292. The van der Waals surface area contributed by atoms with Crippen LogP contribution in [-0.4, -0.2) is 81.4 Å². The van der Waals surface area contributed by atoms with Gasteiger partial charge < -0.3 is 30.3 Å². The second kappa shape index (κ2) is 12.2. The minimum Gasteiger partial charge on any atom is -0.494 e. The van der Waals surface area contributed by atoms with E-state index in [9.17, 15) is 19.5 Å². The molecule has 3 N–H and O–H groups in total. The number of rotatable bonds is 11. The number of hydrogen-bond donors (Lipinski definition) is 3. The molecule has 9 nitrogen and oxygen atoms in total. The number of carbonyl (C=O) groups excluding carboxylic acids is 3. The average molecular weight is 646 g/mol. The summed E-state index contributed by atoms with van der Waals surface area (Å²) in [6, 6.07) is 14.0. The number of fused-ring (bicyclic) bond motifs is 1. The highest BCUT2D eigenvalue weighted by atomic mass is 79.9. The van der Waals surface area contributed by atoms with Gasteiger partial charge in [-0.05, 0) is 75.7 Å². The molecular formula is C30H37BrN4O5S. The van der Waals surface area contributed by atoms with Gasteiger partial charge in [0.05, 0.1) is 29.8 Å². The van der Waals surface area contributed by atoms with Gasteiger partial charge in [-0.15, -0.1) is 11.8 Å². The van der Waals surface area contributed by atoms with E-state index in [1.165, 1.54) is 4.90 Å². The van der Waals surface area contributed by atoms with E-state index in [2.05, 4.69) is 45.3 Å². The van der Waals surface area contributed by atoms with Gasteiger partial charge in [0, 0.05) is 46.8 Å². The third-order valence-electron chi connectivity index (χ3n) is 8.38. The highest BCUT2D eigenvalue weighted by molar-refractivity contribution is 9.09. The molecule has 3 aliphatic heterocycles. The first-order chi connectivity index (χ1) is 19.8. The summed E-state index contributed by atoms with van der Waals surface area (Å²) < 4.78 is 4.71. The first-order valence-corrected chi connectivity index (χ1v) is 16.0. The molecule has 1 spiro atoms. The van der Waals surface area contributed by atoms with Crippen molar-refractivity contribution >= 4 is 62.5 Å². The smallest absolute Gasteiger partial charge is 0.248 e. The highest BCUT2D eigenvalue weighted by Crippen LogP contribution is 2.67. The molecule has 41 heavy (non-hydrogen) atoms. The second-order valence-electron chi connectivity index (χ2n) is 10.6. The number of aliphatic hydroxyl groups excluding tert-OH is 1. The molecule has 3 amide bonds. The van der Waals surface area contributed by atoms with Crippen molar-refractivity contribution in [2.75, 3.05) is 48.4 Å². The van der Waals surface area contributed by atoms with Crippen molar-refractivity contribution < 1.29 is 24.2 Å². The molecule has 3 aliphatic rings. The van der Waals surface area contributed by atoms with Gasteiger partial charge in [-0.1, -0.05) is 15.9 Å². The average Bonchev–Trinajstić information content (AvgIpc) is 3.55. The van der Waals surface area contributed by atoms with Gasteiger partial charge in [0.2, 0.25) is 17.7 Å². The molecule has 0 aliphatic carbocycles. The lowest BCUT2D eigenvalue weighted by Gasteiger charge is -2.35. The third kappa shape index (κ3) is 5.32. The minimum atomic E-state index is -0.812. The Bertz CT molecular complexity index is 1270. The topological polar surface area (TPSA) is 111 Å². The van der Waals surface area contributed by atoms with Crippen LogP contribution in [-0.2, 0) is 14.4 Å². The third-order valence-corrected chi connectivity index (χ3v) is 11.6. The molecule has 0 saturated carbocycles. The van der Waals surface area contributed by atoms with Crippen LogP contribution in [0.4, 0.5) is 17.1 Å². The first-order valence-electron chi connectivity index (χ1n) is 14.2. The number of β-amino-alcohol motifs (C(OH)–C–C–N with tert-alkyl or cyclic N) is 1. The molecule has 2 aromatic rings. The lowest BCUT2D eigenvalue weighted by atomic mass is 9.70. The Kier molecular flexibility index (Phi) is 8.87. The summed E-state index contributed by atoms with van der Waals surface area (Å²) in [6.07, 6.45) is 0.576. The summed E-state index contributed by atoms with van der Waals surface area (Å²) in [5.74, 6) is -1.37. The molecule has 11 heteroatoms. The molecule has 2 bridgehead atoms. The Labute approximate surface area is 253 Å². The van der Waals surface area contributed by atoms with Crippen molar-refractivity contribution in [2.45, 2.75) is 48.1 Å². The molecule has 0 radical (unpaired) electrons. The van der Waals surface area contributed by atoms with E-state index >= 15 is 0 Å². The Morgan fingerprint density at radius 3 is 2.24 bits per heavy atom. The van der Waals surface area contributed by atoms with E-state index in [4.69, 9.17) is 4.74 Å². The number of alkyl halides is 1.